The molecule has 4 rings (SSSR count). The maximum absolute atomic E-state index is 13.6. The fraction of sp³-hybridized carbons (Fsp3) is 0.345. The lowest BCUT2D eigenvalue weighted by Gasteiger charge is -2.25. The first-order valence-electron chi connectivity index (χ1n) is 13.6. The van der Waals surface area contributed by atoms with Crippen LogP contribution in [0.3, 0.4) is 0 Å². The normalized spacial score (nSPS) is 14.2. The highest BCUT2D eigenvalue weighted by atomic mass is 32.2. The topological polar surface area (TPSA) is 122 Å². The minimum Gasteiger partial charge on any atom is -0.494 e. The van der Waals surface area contributed by atoms with Crippen molar-refractivity contribution >= 4 is 31.6 Å². The van der Waals surface area contributed by atoms with E-state index in [-0.39, 0.29) is 28.6 Å². The van der Waals surface area contributed by atoms with Crippen molar-refractivity contribution in [2.24, 2.45) is 0 Å². The van der Waals surface area contributed by atoms with Crippen LogP contribution in [0, 0.1) is 5.82 Å². The Hall–Kier alpha value is -3.68. The Morgan fingerprint density at radius 1 is 0.833 bits per heavy atom. The molecule has 0 radical (unpaired) electrons. The van der Waals surface area contributed by atoms with Crippen molar-refractivity contribution in [3.63, 3.8) is 0 Å². The van der Waals surface area contributed by atoms with E-state index in [2.05, 4.69) is 5.32 Å². The first-order valence-corrected chi connectivity index (χ1v) is 16.5. The van der Waals surface area contributed by atoms with Gasteiger partial charge in [-0.25, -0.2) is 21.2 Å². The summed E-state index contributed by atoms with van der Waals surface area (Å²) in [4.78, 5) is 12.9. The van der Waals surface area contributed by atoms with Crippen molar-refractivity contribution in [3.8, 4) is 11.5 Å². The quantitative estimate of drug-likeness (QED) is 0.289. The van der Waals surface area contributed by atoms with Crippen LogP contribution in [-0.4, -0.2) is 66.4 Å². The molecule has 0 spiro atoms. The number of nitrogens with one attached hydrogen (secondary N) is 1. The number of rotatable bonds is 13. The van der Waals surface area contributed by atoms with E-state index < -0.39 is 38.3 Å². The van der Waals surface area contributed by atoms with Gasteiger partial charge in [0.1, 0.15) is 30.5 Å². The molecule has 0 aromatic heterocycles. The minimum atomic E-state index is -4.18. The summed E-state index contributed by atoms with van der Waals surface area (Å²) in [7, 11) is -7.73. The van der Waals surface area contributed by atoms with Gasteiger partial charge in [-0.15, -0.1) is 0 Å². The van der Waals surface area contributed by atoms with E-state index in [1.807, 2.05) is 6.92 Å². The minimum absolute atomic E-state index is 0.0582. The van der Waals surface area contributed by atoms with Crippen molar-refractivity contribution in [1.82, 2.24) is 9.62 Å². The van der Waals surface area contributed by atoms with Crippen molar-refractivity contribution in [3.05, 3.63) is 78.6 Å². The Bertz CT molecular complexity index is 1540. The lowest BCUT2D eigenvalue weighted by molar-refractivity contribution is -0.119. The average molecular weight is 620 g/mol. The number of hydrogen-bond acceptors (Lipinski definition) is 7. The first-order chi connectivity index (χ1) is 20.1. The Balaban J connectivity index is 1.35. The summed E-state index contributed by atoms with van der Waals surface area (Å²) < 4.78 is 79.5. The zero-order chi connectivity index (χ0) is 30.2. The van der Waals surface area contributed by atoms with Gasteiger partial charge in [0.15, 0.2) is 0 Å². The fourth-order valence-corrected chi connectivity index (χ4v) is 7.37. The highest BCUT2D eigenvalue weighted by Gasteiger charge is 2.28. The van der Waals surface area contributed by atoms with Gasteiger partial charge in [0.25, 0.3) is 10.0 Å². The maximum atomic E-state index is 13.6. The van der Waals surface area contributed by atoms with E-state index in [1.165, 1.54) is 52.8 Å². The zero-order valence-corrected chi connectivity index (χ0v) is 24.9. The van der Waals surface area contributed by atoms with Crippen LogP contribution >= 0.6 is 0 Å². The van der Waals surface area contributed by atoms with Crippen LogP contribution in [0.1, 0.15) is 26.2 Å². The van der Waals surface area contributed by atoms with Crippen LogP contribution in [0.25, 0.3) is 0 Å². The second kappa shape index (κ2) is 14.0. The van der Waals surface area contributed by atoms with E-state index in [9.17, 15) is 26.0 Å². The molecule has 10 nitrogen and oxygen atoms in total. The molecule has 42 heavy (non-hydrogen) atoms. The van der Waals surface area contributed by atoms with Gasteiger partial charge in [-0.2, -0.15) is 4.31 Å². The van der Waals surface area contributed by atoms with Gasteiger partial charge < -0.3 is 14.8 Å². The van der Waals surface area contributed by atoms with Crippen molar-refractivity contribution < 1.29 is 35.5 Å². The molecule has 13 heteroatoms. The smallest absolute Gasteiger partial charge is 0.264 e. The van der Waals surface area contributed by atoms with Crippen LogP contribution < -0.4 is 19.1 Å². The summed E-state index contributed by atoms with van der Waals surface area (Å²) in [6.07, 6.45) is 2.72. The predicted octanol–water partition coefficient (Wildman–Crippen LogP) is 3.79. The second-order valence-electron chi connectivity index (χ2n) is 9.53. The summed E-state index contributed by atoms with van der Waals surface area (Å²) in [6, 6.07) is 16.7. The van der Waals surface area contributed by atoms with Crippen LogP contribution in [0.2, 0.25) is 0 Å². The molecule has 0 unspecified atom stereocenters. The summed E-state index contributed by atoms with van der Waals surface area (Å²) in [6.45, 7) is 2.83. The molecule has 226 valence electrons. The van der Waals surface area contributed by atoms with Gasteiger partial charge in [-0.1, -0.05) is 6.42 Å². The summed E-state index contributed by atoms with van der Waals surface area (Å²) in [5.41, 5.74) is 0.122. The lowest BCUT2D eigenvalue weighted by atomic mass is 10.2. The van der Waals surface area contributed by atoms with Gasteiger partial charge in [0, 0.05) is 13.1 Å². The number of carbonyl (C=O) groups excluding carboxylic acids is 1. The maximum Gasteiger partial charge on any atom is 0.264 e. The fourth-order valence-electron chi connectivity index (χ4n) is 4.43. The number of anilines is 1. The molecule has 0 aliphatic carbocycles. The number of benzene rings is 3. The monoisotopic (exact) mass is 619 g/mol. The molecule has 1 aliphatic heterocycles. The standard InChI is InChI=1S/C29H34FN3O7S2/c1-2-39-25-10-16-28(17-11-25)42(37,38)33(24-8-6-23(30)7-9-24)22-29(34)31-18-21-40-26-12-14-27(15-13-26)41(35,36)32-19-4-3-5-20-32/h6-17H,2-5,18-22H2,1H3,(H,31,34). The summed E-state index contributed by atoms with van der Waals surface area (Å²) in [5.74, 6) is -0.218. The van der Waals surface area contributed by atoms with Crippen LogP contribution in [0.15, 0.2) is 82.6 Å². The van der Waals surface area contributed by atoms with E-state index in [0.29, 0.717) is 31.2 Å². The highest BCUT2D eigenvalue weighted by molar-refractivity contribution is 7.92. The number of nitrogens with zero attached hydrogens (tertiary/aromatic N) is 2. The molecule has 0 saturated carbocycles. The molecule has 1 fully saturated rings. The molecule has 1 amide bonds. The van der Waals surface area contributed by atoms with Crippen molar-refractivity contribution in [2.45, 2.75) is 36.0 Å². The van der Waals surface area contributed by atoms with Crippen LogP contribution in [0.4, 0.5) is 10.1 Å². The molecular weight excluding hydrogens is 585 g/mol. The Labute approximate surface area is 246 Å². The number of piperidine rings is 1. The number of carbonyl (C=O) groups is 1. The second-order valence-corrected chi connectivity index (χ2v) is 13.3. The number of ether oxygens (including phenoxy) is 2. The molecule has 0 atom stereocenters. The van der Waals surface area contributed by atoms with Gasteiger partial charge >= 0.3 is 0 Å². The third-order valence-electron chi connectivity index (χ3n) is 6.59. The molecule has 1 aliphatic rings. The molecule has 1 heterocycles. The summed E-state index contributed by atoms with van der Waals surface area (Å²) in [5, 5.41) is 2.63. The van der Waals surface area contributed by atoms with E-state index in [1.54, 1.807) is 12.1 Å². The van der Waals surface area contributed by atoms with Crippen LogP contribution in [-0.2, 0) is 24.8 Å². The Morgan fingerprint density at radius 2 is 1.40 bits per heavy atom. The first kappa shape index (κ1) is 31.3. The number of amides is 1. The van der Waals surface area contributed by atoms with Gasteiger partial charge in [-0.05, 0) is 92.6 Å². The Morgan fingerprint density at radius 3 is 2.00 bits per heavy atom. The Kier molecular flexibility index (Phi) is 10.4. The molecule has 1 saturated heterocycles. The average Bonchev–Trinajstić information content (AvgIpc) is 3.00. The highest BCUT2D eigenvalue weighted by Crippen LogP contribution is 2.26. The molecule has 3 aromatic rings. The number of hydrogen-bond donors (Lipinski definition) is 1. The zero-order valence-electron chi connectivity index (χ0n) is 23.2. The third-order valence-corrected chi connectivity index (χ3v) is 10.3. The number of halogens is 1. The molecule has 1 N–H and O–H groups in total. The van der Waals surface area contributed by atoms with Gasteiger partial charge in [0.2, 0.25) is 15.9 Å². The third kappa shape index (κ3) is 7.78. The van der Waals surface area contributed by atoms with Crippen molar-refractivity contribution in [1.29, 1.82) is 0 Å². The molecular formula is C29H34FN3O7S2. The molecule has 3 aromatic carbocycles. The van der Waals surface area contributed by atoms with E-state index in [0.717, 1.165) is 35.7 Å². The summed E-state index contributed by atoms with van der Waals surface area (Å²) >= 11 is 0. The lowest BCUT2D eigenvalue weighted by Crippen LogP contribution is -2.41. The van der Waals surface area contributed by atoms with Gasteiger partial charge in [0.05, 0.1) is 28.6 Å². The SMILES string of the molecule is CCOc1ccc(S(=O)(=O)N(CC(=O)NCCOc2ccc(S(=O)(=O)N3CCCCC3)cc2)c2ccc(F)cc2)cc1. The van der Waals surface area contributed by atoms with Gasteiger partial charge in [-0.3, -0.25) is 9.10 Å². The van der Waals surface area contributed by atoms with Crippen molar-refractivity contribution in [2.75, 3.05) is 43.7 Å². The largest absolute Gasteiger partial charge is 0.494 e. The van der Waals surface area contributed by atoms with Crippen LogP contribution in [0.5, 0.6) is 11.5 Å². The van der Waals surface area contributed by atoms with E-state index >= 15 is 0 Å². The van der Waals surface area contributed by atoms with E-state index in [4.69, 9.17) is 9.47 Å². The predicted molar refractivity (Wildman–Crippen MR) is 156 cm³/mol. The molecule has 0 bridgehead atoms. The number of sulfonamides is 2.